The molecular formula is C27H29F3N2O4S. The van der Waals surface area contributed by atoms with Gasteiger partial charge in [-0.1, -0.05) is 42.8 Å². The minimum absolute atomic E-state index is 0.0593. The van der Waals surface area contributed by atoms with Crippen LogP contribution >= 0.6 is 0 Å². The largest absolute Gasteiger partial charge is 0.416 e. The van der Waals surface area contributed by atoms with Crippen LogP contribution in [-0.2, 0) is 22.8 Å². The molecular weight excluding hydrogens is 505 g/mol. The Bertz CT molecular complexity index is 1360. The predicted molar refractivity (Wildman–Crippen MR) is 136 cm³/mol. The molecule has 0 aliphatic carbocycles. The molecule has 0 radical (unpaired) electrons. The van der Waals surface area contributed by atoms with Gasteiger partial charge < -0.3 is 14.4 Å². The first kappa shape index (κ1) is 28.0. The van der Waals surface area contributed by atoms with Gasteiger partial charge in [-0.15, -0.1) is 0 Å². The maximum absolute atomic E-state index is 13.1. The van der Waals surface area contributed by atoms with Crippen molar-refractivity contribution in [3.05, 3.63) is 89.0 Å². The Morgan fingerprint density at radius 3 is 2.30 bits per heavy atom. The fourth-order valence-corrected chi connectivity index (χ4v) is 4.62. The van der Waals surface area contributed by atoms with Gasteiger partial charge in [0.25, 0.3) is 0 Å². The van der Waals surface area contributed by atoms with E-state index in [2.05, 4.69) is 5.32 Å². The number of benzene rings is 3. The highest BCUT2D eigenvalue weighted by Crippen LogP contribution is 2.31. The summed E-state index contributed by atoms with van der Waals surface area (Å²) in [6, 6.07) is 14.8. The normalized spacial score (nSPS) is 12.6. The minimum Gasteiger partial charge on any atom is -0.379 e. The SMILES string of the molecule is CCC(C)N(Cc1ccc(OS(=O)(=O)c2cccc(C(F)(F)F)c2)cc1)C(=O)Nc1ccc(C)cc1C. The second kappa shape index (κ2) is 11.2. The third kappa shape index (κ3) is 7.25. The Balaban J connectivity index is 1.74. The highest BCUT2D eigenvalue weighted by molar-refractivity contribution is 7.87. The van der Waals surface area contributed by atoms with Crippen molar-refractivity contribution in [3.8, 4) is 5.75 Å². The van der Waals surface area contributed by atoms with Crippen LogP contribution in [0.3, 0.4) is 0 Å². The smallest absolute Gasteiger partial charge is 0.379 e. The van der Waals surface area contributed by atoms with Gasteiger partial charge in [0.05, 0.1) is 5.56 Å². The number of carbonyl (C=O) groups excluding carboxylic acids is 1. The summed E-state index contributed by atoms with van der Waals surface area (Å²) in [5, 5.41) is 2.95. The van der Waals surface area contributed by atoms with Crippen LogP contribution in [0.4, 0.5) is 23.7 Å². The van der Waals surface area contributed by atoms with Crippen LogP contribution < -0.4 is 9.50 Å². The lowest BCUT2D eigenvalue weighted by atomic mass is 10.1. The summed E-state index contributed by atoms with van der Waals surface area (Å²) < 4.78 is 69.0. The molecule has 198 valence electrons. The molecule has 0 aromatic heterocycles. The van der Waals surface area contributed by atoms with Crippen LogP contribution in [-0.4, -0.2) is 25.4 Å². The zero-order valence-electron chi connectivity index (χ0n) is 21.0. The van der Waals surface area contributed by atoms with Crippen molar-refractivity contribution in [3.63, 3.8) is 0 Å². The van der Waals surface area contributed by atoms with Gasteiger partial charge in [-0.25, -0.2) is 4.79 Å². The summed E-state index contributed by atoms with van der Waals surface area (Å²) in [5.41, 5.74) is 2.39. The van der Waals surface area contributed by atoms with E-state index in [1.165, 1.54) is 12.1 Å². The van der Waals surface area contributed by atoms with Crippen molar-refractivity contribution < 1.29 is 30.6 Å². The fourth-order valence-electron chi connectivity index (χ4n) is 3.64. The van der Waals surface area contributed by atoms with Crippen LogP contribution in [0.25, 0.3) is 0 Å². The first-order valence-corrected chi connectivity index (χ1v) is 13.1. The van der Waals surface area contributed by atoms with Gasteiger partial charge >= 0.3 is 22.3 Å². The van der Waals surface area contributed by atoms with E-state index in [1.54, 1.807) is 17.0 Å². The number of alkyl halides is 3. The molecule has 10 heteroatoms. The summed E-state index contributed by atoms with van der Waals surface area (Å²) in [4.78, 5) is 14.2. The summed E-state index contributed by atoms with van der Waals surface area (Å²) in [5.74, 6) is -0.0593. The lowest BCUT2D eigenvalue weighted by molar-refractivity contribution is -0.137. The Morgan fingerprint density at radius 1 is 1.03 bits per heavy atom. The summed E-state index contributed by atoms with van der Waals surface area (Å²) >= 11 is 0. The number of carbonyl (C=O) groups is 1. The Morgan fingerprint density at radius 2 is 1.70 bits per heavy atom. The molecule has 0 fully saturated rings. The minimum atomic E-state index is -4.68. The second-order valence-corrected chi connectivity index (χ2v) is 10.4. The van der Waals surface area contributed by atoms with Gasteiger partial charge in [0.1, 0.15) is 10.6 Å². The highest BCUT2D eigenvalue weighted by atomic mass is 32.2. The van der Waals surface area contributed by atoms with Crippen LogP contribution in [0.5, 0.6) is 5.75 Å². The molecule has 0 saturated carbocycles. The van der Waals surface area contributed by atoms with Crippen LogP contribution in [0.15, 0.2) is 71.6 Å². The maximum atomic E-state index is 13.1. The molecule has 0 spiro atoms. The number of nitrogens with zero attached hydrogens (tertiary/aromatic N) is 1. The summed E-state index contributed by atoms with van der Waals surface area (Å²) in [6.45, 7) is 8.05. The van der Waals surface area contributed by atoms with E-state index in [9.17, 15) is 26.4 Å². The average molecular weight is 535 g/mol. The van der Waals surface area contributed by atoms with Gasteiger partial charge in [-0.3, -0.25) is 0 Å². The number of hydrogen-bond donors (Lipinski definition) is 1. The molecule has 0 aliphatic rings. The highest BCUT2D eigenvalue weighted by Gasteiger charge is 2.32. The first-order chi connectivity index (χ1) is 17.3. The maximum Gasteiger partial charge on any atom is 0.416 e. The number of urea groups is 1. The number of anilines is 1. The molecule has 3 aromatic rings. The number of amides is 2. The molecule has 6 nitrogen and oxygen atoms in total. The van der Waals surface area contributed by atoms with Crippen molar-refractivity contribution in [2.75, 3.05) is 5.32 Å². The van der Waals surface area contributed by atoms with E-state index >= 15 is 0 Å². The average Bonchev–Trinajstić information content (AvgIpc) is 2.84. The molecule has 3 aromatic carbocycles. The molecule has 1 unspecified atom stereocenters. The van der Waals surface area contributed by atoms with Crippen molar-refractivity contribution in [1.82, 2.24) is 4.90 Å². The van der Waals surface area contributed by atoms with Crippen LogP contribution in [0.2, 0.25) is 0 Å². The molecule has 0 aliphatic heterocycles. The van der Waals surface area contributed by atoms with Crippen molar-refractivity contribution >= 4 is 21.8 Å². The zero-order chi connectivity index (χ0) is 27.4. The molecule has 2 amide bonds. The molecule has 0 saturated heterocycles. The van der Waals surface area contributed by atoms with E-state index < -0.39 is 26.8 Å². The van der Waals surface area contributed by atoms with Crippen LogP contribution in [0.1, 0.15) is 42.5 Å². The molecule has 37 heavy (non-hydrogen) atoms. The van der Waals surface area contributed by atoms with E-state index in [1.807, 2.05) is 45.9 Å². The Labute approximate surface area is 215 Å². The Hall–Kier alpha value is -3.53. The van der Waals surface area contributed by atoms with Gasteiger partial charge in [-0.05, 0) is 74.7 Å². The monoisotopic (exact) mass is 534 g/mol. The third-order valence-corrected chi connectivity index (χ3v) is 7.18. The lowest BCUT2D eigenvalue weighted by Crippen LogP contribution is -2.40. The van der Waals surface area contributed by atoms with Crippen molar-refractivity contribution in [2.24, 2.45) is 0 Å². The Kier molecular flexibility index (Phi) is 8.53. The molecule has 1 N–H and O–H groups in total. The van der Waals surface area contributed by atoms with Crippen molar-refractivity contribution in [2.45, 2.75) is 57.8 Å². The summed E-state index contributed by atoms with van der Waals surface area (Å²) in [7, 11) is -4.48. The zero-order valence-corrected chi connectivity index (χ0v) is 21.8. The number of hydrogen-bond acceptors (Lipinski definition) is 4. The van der Waals surface area contributed by atoms with Gasteiger partial charge in [-0.2, -0.15) is 21.6 Å². The van der Waals surface area contributed by atoms with Gasteiger partial charge in [0.2, 0.25) is 0 Å². The van der Waals surface area contributed by atoms with Gasteiger partial charge in [0, 0.05) is 18.3 Å². The number of nitrogens with one attached hydrogen (secondary N) is 1. The van der Waals surface area contributed by atoms with E-state index in [-0.39, 0.29) is 24.4 Å². The van der Waals surface area contributed by atoms with Crippen LogP contribution in [0, 0.1) is 13.8 Å². The first-order valence-electron chi connectivity index (χ1n) is 11.7. The lowest BCUT2D eigenvalue weighted by Gasteiger charge is -2.29. The molecule has 0 heterocycles. The molecule has 0 bridgehead atoms. The third-order valence-electron chi connectivity index (χ3n) is 5.94. The fraction of sp³-hybridized carbons (Fsp3) is 0.296. The number of halogens is 3. The predicted octanol–water partition coefficient (Wildman–Crippen LogP) is 6.92. The molecule has 3 rings (SSSR count). The second-order valence-electron chi connectivity index (χ2n) is 8.84. The summed E-state index contributed by atoms with van der Waals surface area (Å²) in [6.07, 6.45) is -3.96. The molecule has 1 atom stereocenters. The van der Waals surface area contributed by atoms with Crippen molar-refractivity contribution in [1.29, 1.82) is 0 Å². The van der Waals surface area contributed by atoms with E-state index in [4.69, 9.17) is 4.18 Å². The number of aryl methyl sites for hydroxylation is 2. The van der Waals surface area contributed by atoms with E-state index in [0.29, 0.717) is 11.8 Å². The standard InChI is InChI=1S/C27H29F3N2O4S/c1-5-20(4)32(26(33)31-25-14-9-18(2)15-19(25)3)17-21-10-12-23(13-11-21)36-37(34,35)24-8-6-7-22(16-24)27(28,29)30/h6-16,20H,5,17H2,1-4H3,(H,31,33). The number of rotatable bonds is 8. The topological polar surface area (TPSA) is 75.7 Å². The quantitative estimate of drug-likeness (QED) is 0.318. The van der Waals surface area contributed by atoms with Gasteiger partial charge in [0.15, 0.2) is 0 Å². The van der Waals surface area contributed by atoms with E-state index in [0.717, 1.165) is 41.3 Å².